The number of nitro benzene ring substituents is 1. The Balaban J connectivity index is 1.59. The van der Waals surface area contributed by atoms with E-state index >= 15 is 0 Å². The molecule has 28 heavy (non-hydrogen) atoms. The number of nitrogens with one attached hydrogen (secondary N) is 1. The van der Waals surface area contributed by atoms with Crippen LogP contribution < -0.4 is 9.88 Å². The van der Waals surface area contributed by atoms with Gasteiger partial charge in [-0.1, -0.05) is 28.1 Å². The molecule has 3 rings (SSSR count). The van der Waals surface area contributed by atoms with E-state index in [0.717, 1.165) is 11.1 Å². The van der Waals surface area contributed by atoms with Gasteiger partial charge in [0, 0.05) is 28.7 Å². The number of carbonyl (C=O) groups is 1. The van der Waals surface area contributed by atoms with Crippen LogP contribution in [0, 0.1) is 15.9 Å². The number of non-ortho nitro benzene ring substituents is 1. The molecule has 0 fully saturated rings. The average molecular weight is 445 g/mol. The topological polar surface area (TPSA) is 76.1 Å². The Morgan fingerprint density at radius 3 is 2.32 bits per heavy atom. The van der Waals surface area contributed by atoms with Crippen LogP contribution in [0.2, 0.25) is 0 Å². The standard InChI is InChI=1S/C20H15BrFN3O3/c21-16-3-6-19(18(22)12-16)23-20(26)13-24-9-7-15(8-10-24)11-14-1-4-17(5-2-14)25(27)28/h1-10,12H,11,13H2/p+1. The van der Waals surface area contributed by atoms with E-state index in [0.29, 0.717) is 10.9 Å². The Morgan fingerprint density at radius 1 is 1.07 bits per heavy atom. The number of nitrogens with zero attached hydrogens (tertiary/aromatic N) is 2. The lowest BCUT2D eigenvalue weighted by Gasteiger charge is -2.05. The third-order valence-corrected chi connectivity index (χ3v) is 4.54. The minimum Gasteiger partial charge on any atom is -0.318 e. The third-order valence-electron chi connectivity index (χ3n) is 4.05. The molecule has 2 aromatic carbocycles. The van der Waals surface area contributed by atoms with Crippen LogP contribution in [0.4, 0.5) is 15.8 Å². The first kappa shape index (κ1) is 19.6. The highest BCUT2D eigenvalue weighted by atomic mass is 79.9. The fourth-order valence-electron chi connectivity index (χ4n) is 2.63. The van der Waals surface area contributed by atoms with Gasteiger partial charge in [0.1, 0.15) is 5.82 Å². The van der Waals surface area contributed by atoms with Gasteiger partial charge in [-0.15, -0.1) is 0 Å². The van der Waals surface area contributed by atoms with Crippen molar-refractivity contribution in [3.8, 4) is 0 Å². The van der Waals surface area contributed by atoms with Crippen molar-refractivity contribution in [1.29, 1.82) is 0 Å². The first-order valence-corrected chi connectivity index (χ1v) is 9.16. The zero-order chi connectivity index (χ0) is 20.1. The van der Waals surface area contributed by atoms with E-state index in [2.05, 4.69) is 21.2 Å². The van der Waals surface area contributed by atoms with Crippen LogP contribution in [0.5, 0.6) is 0 Å². The number of amides is 1. The smallest absolute Gasteiger partial charge is 0.290 e. The van der Waals surface area contributed by atoms with Crippen molar-refractivity contribution in [3.05, 3.63) is 98.5 Å². The number of nitro groups is 1. The highest BCUT2D eigenvalue weighted by Gasteiger charge is 2.12. The summed E-state index contributed by atoms with van der Waals surface area (Å²) >= 11 is 3.17. The Kier molecular flexibility index (Phi) is 6.10. The quantitative estimate of drug-likeness (QED) is 0.354. The van der Waals surface area contributed by atoms with Crippen molar-refractivity contribution in [3.63, 3.8) is 0 Å². The molecule has 0 aliphatic carbocycles. The van der Waals surface area contributed by atoms with Gasteiger partial charge >= 0.3 is 0 Å². The molecule has 1 amide bonds. The Morgan fingerprint density at radius 2 is 1.71 bits per heavy atom. The van der Waals surface area contributed by atoms with E-state index in [1.165, 1.54) is 24.3 Å². The van der Waals surface area contributed by atoms with Crippen molar-refractivity contribution in [1.82, 2.24) is 0 Å². The van der Waals surface area contributed by atoms with E-state index in [1.807, 2.05) is 12.1 Å². The van der Waals surface area contributed by atoms with E-state index in [9.17, 15) is 19.3 Å². The lowest BCUT2D eigenvalue weighted by molar-refractivity contribution is -0.684. The second-order valence-electron chi connectivity index (χ2n) is 6.15. The summed E-state index contributed by atoms with van der Waals surface area (Å²) < 4.78 is 16.1. The van der Waals surface area contributed by atoms with E-state index in [-0.39, 0.29) is 23.8 Å². The SMILES string of the molecule is O=C(C[n+]1ccc(Cc2ccc([N+](=O)[O-])cc2)cc1)Nc1ccc(Br)cc1F. The fraction of sp³-hybridized carbons (Fsp3) is 0.100. The highest BCUT2D eigenvalue weighted by Crippen LogP contribution is 2.19. The molecular weight excluding hydrogens is 429 g/mol. The van der Waals surface area contributed by atoms with Crippen LogP contribution in [0.15, 0.2) is 71.5 Å². The second-order valence-corrected chi connectivity index (χ2v) is 7.07. The van der Waals surface area contributed by atoms with Gasteiger partial charge in [-0.3, -0.25) is 14.9 Å². The lowest BCUT2D eigenvalue weighted by Crippen LogP contribution is -2.39. The summed E-state index contributed by atoms with van der Waals surface area (Å²) in [7, 11) is 0. The number of halogens is 2. The average Bonchev–Trinajstić information content (AvgIpc) is 2.66. The molecule has 0 aliphatic heterocycles. The zero-order valence-corrected chi connectivity index (χ0v) is 16.2. The summed E-state index contributed by atoms with van der Waals surface area (Å²) in [6.45, 7) is 0.0489. The van der Waals surface area contributed by atoms with Gasteiger partial charge in [0.05, 0.1) is 10.6 Å². The van der Waals surface area contributed by atoms with Gasteiger partial charge in [-0.2, -0.15) is 4.57 Å². The largest absolute Gasteiger partial charge is 0.318 e. The molecule has 3 aromatic rings. The summed E-state index contributed by atoms with van der Waals surface area (Å²) in [6, 6.07) is 14.6. The van der Waals surface area contributed by atoms with Crippen LogP contribution in [0.1, 0.15) is 11.1 Å². The lowest BCUT2D eigenvalue weighted by atomic mass is 10.1. The molecule has 1 N–H and O–H groups in total. The number of hydrogen-bond acceptors (Lipinski definition) is 3. The number of carbonyl (C=O) groups excluding carboxylic acids is 1. The second kappa shape index (κ2) is 8.71. The molecule has 0 atom stereocenters. The normalized spacial score (nSPS) is 10.5. The van der Waals surface area contributed by atoms with Gasteiger partial charge in [-0.05, 0) is 35.7 Å². The highest BCUT2D eigenvalue weighted by molar-refractivity contribution is 9.10. The summed E-state index contributed by atoms with van der Waals surface area (Å²) in [4.78, 5) is 22.4. The number of benzene rings is 2. The Labute approximate surface area is 168 Å². The van der Waals surface area contributed by atoms with Crippen LogP contribution >= 0.6 is 15.9 Å². The first-order valence-electron chi connectivity index (χ1n) is 8.37. The molecule has 0 spiro atoms. The van der Waals surface area contributed by atoms with Crippen LogP contribution in [-0.4, -0.2) is 10.8 Å². The van der Waals surface area contributed by atoms with E-state index in [4.69, 9.17) is 0 Å². The predicted octanol–water partition coefficient (Wildman–Crippen LogP) is 4.01. The van der Waals surface area contributed by atoms with E-state index in [1.54, 1.807) is 35.2 Å². The molecule has 142 valence electrons. The van der Waals surface area contributed by atoms with Gasteiger partial charge in [0.2, 0.25) is 6.54 Å². The summed E-state index contributed by atoms with van der Waals surface area (Å²) in [5.74, 6) is -0.847. The minimum atomic E-state index is -0.508. The number of aromatic nitrogens is 1. The zero-order valence-electron chi connectivity index (χ0n) is 14.6. The molecule has 6 nitrogen and oxygen atoms in total. The monoisotopic (exact) mass is 444 g/mol. The maximum atomic E-state index is 13.8. The molecule has 0 bridgehead atoms. The molecule has 0 unspecified atom stereocenters. The van der Waals surface area contributed by atoms with Crippen molar-refractivity contribution in [2.45, 2.75) is 13.0 Å². The van der Waals surface area contributed by atoms with Crippen molar-refractivity contribution >= 4 is 33.2 Å². The fourth-order valence-corrected chi connectivity index (χ4v) is 2.96. The molecule has 1 aromatic heterocycles. The summed E-state index contributed by atoms with van der Waals surface area (Å²) in [6.07, 6.45) is 4.14. The van der Waals surface area contributed by atoms with Crippen molar-refractivity contribution in [2.75, 3.05) is 5.32 Å². The molecule has 0 saturated carbocycles. The third kappa shape index (κ3) is 5.20. The Hall–Kier alpha value is -3.13. The van der Waals surface area contributed by atoms with Gasteiger partial charge in [0.15, 0.2) is 12.4 Å². The number of anilines is 1. The predicted molar refractivity (Wildman–Crippen MR) is 105 cm³/mol. The van der Waals surface area contributed by atoms with Crippen LogP contribution in [0.25, 0.3) is 0 Å². The van der Waals surface area contributed by atoms with Crippen molar-refractivity contribution < 1.29 is 18.7 Å². The van der Waals surface area contributed by atoms with Crippen LogP contribution in [0.3, 0.4) is 0 Å². The Bertz CT molecular complexity index is 1010. The van der Waals surface area contributed by atoms with Gasteiger partial charge in [0.25, 0.3) is 11.6 Å². The number of rotatable bonds is 6. The minimum absolute atomic E-state index is 0.0489. The molecule has 8 heteroatoms. The van der Waals surface area contributed by atoms with Gasteiger partial charge < -0.3 is 5.32 Å². The van der Waals surface area contributed by atoms with Crippen molar-refractivity contribution in [2.24, 2.45) is 0 Å². The summed E-state index contributed by atoms with van der Waals surface area (Å²) in [5, 5.41) is 13.2. The van der Waals surface area contributed by atoms with Gasteiger partial charge in [-0.25, -0.2) is 4.39 Å². The number of pyridine rings is 1. The maximum Gasteiger partial charge on any atom is 0.290 e. The molecule has 0 radical (unpaired) electrons. The molecule has 1 heterocycles. The maximum absolute atomic E-state index is 13.8. The first-order chi connectivity index (χ1) is 13.4. The summed E-state index contributed by atoms with van der Waals surface area (Å²) in [5.41, 5.74) is 2.14. The van der Waals surface area contributed by atoms with E-state index < -0.39 is 10.7 Å². The number of hydrogen-bond donors (Lipinski definition) is 1. The molecular formula is C20H16BrFN3O3+. The van der Waals surface area contributed by atoms with Crippen LogP contribution in [-0.2, 0) is 17.8 Å². The molecule has 0 aliphatic rings. The molecule has 0 saturated heterocycles.